The van der Waals surface area contributed by atoms with Gasteiger partial charge in [0.1, 0.15) is 5.75 Å². The van der Waals surface area contributed by atoms with E-state index < -0.39 is 0 Å². The van der Waals surface area contributed by atoms with Crippen LogP contribution >= 0.6 is 11.3 Å². The number of carbonyl (C=O) groups is 2. The zero-order valence-corrected chi connectivity index (χ0v) is 12.1. The van der Waals surface area contributed by atoms with E-state index in [0.717, 1.165) is 9.88 Å². The Labute approximate surface area is 125 Å². The van der Waals surface area contributed by atoms with Crippen molar-refractivity contribution in [2.75, 3.05) is 11.9 Å². The number of nitrogens with one attached hydrogen (secondary N) is 2. The zero-order chi connectivity index (χ0) is 14.8. The maximum Gasteiger partial charge on any atom is 0.262 e. The van der Waals surface area contributed by atoms with Gasteiger partial charge < -0.3 is 15.4 Å². The van der Waals surface area contributed by atoms with E-state index >= 15 is 0 Å². The first-order valence-electron chi connectivity index (χ1n) is 6.38. The average Bonchev–Trinajstić information content (AvgIpc) is 2.90. The topological polar surface area (TPSA) is 80.3 Å². The van der Waals surface area contributed by atoms with Gasteiger partial charge in [-0.05, 0) is 25.1 Å². The number of ether oxygens (including phenoxy) is 1. The molecule has 0 unspecified atom stereocenters. The standard InChI is InChI=1S/C14H13N3O3S/c1-8-15-5-10(21-8)6-16-14(19)9-2-3-11-12(4-9)20-7-13(18)17-11/h2-5H,6-7H2,1H3,(H,16,19)(H,17,18). The molecule has 1 aliphatic rings. The van der Waals surface area contributed by atoms with Gasteiger partial charge in [0.25, 0.3) is 11.8 Å². The van der Waals surface area contributed by atoms with Crippen LogP contribution in [0, 0.1) is 6.92 Å². The highest BCUT2D eigenvalue weighted by atomic mass is 32.1. The van der Waals surface area contributed by atoms with Crippen LogP contribution in [0.15, 0.2) is 24.4 Å². The van der Waals surface area contributed by atoms with Crippen molar-refractivity contribution in [3.8, 4) is 5.75 Å². The third-order valence-corrected chi connectivity index (χ3v) is 3.88. The van der Waals surface area contributed by atoms with Gasteiger partial charge >= 0.3 is 0 Å². The molecule has 2 amide bonds. The number of rotatable bonds is 3. The molecule has 1 aromatic heterocycles. The molecule has 0 saturated carbocycles. The van der Waals surface area contributed by atoms with Crippen molar-refractivity contribution >= 4 is 28.8 Å². The van der Waals surface area contributed by atoms with Crippen molar-refractivity contribution in [3.63, 3.8) is 0 Å². The number of benzene rings is 1. The van der Waals surface area contributed by atoms with Gasteiger partial charge in [0, 0.05) is 16.6 Å². The van der Waals surface area contributed by atoms with Gasteiger partial charge in [0.2, 0.25) is 0 Å². The SMILES string of the molecule is Cc1ncc(CNC(=O)c2ccc3c(c2)OCC(=O)N3)s1. The number of aryl methyl sites for hydroxylation is 1. The number of fused-ring (bicyclic) bond motifs is 1. The first-order chi connectivity index (χ1) is 10.1. The number of aromatic nitrogens is 1. The summed E-state index contributed by atoms with van der Waals surface area (Å²) >= 11 is 1.55. The van der Waals surface area contributed by atoms with Crippen LogP contribution in [-0.4, -0.2) is 23.4 Å². The predicted molar refractivity (Wildman–Crippen MR) is 78.6 cm³/mol. The summed E-state index contributed by atoms with van der Waals surface area (Å²) in [5.41, 5.74) is 1.08. The van der Waals surface area contributed by atoms with Crippen molar-refractivity contribution < 1.29 is 14.3 Å². The fourth-order valence-electron chi connectivity index (χ4n) is 1.97. The summed E-state index contributed by atoms with van der Waals surface area (Å²) < 4.78 is 5.29. The third kappa shape index (κ3) is 3.03. The second-order valence-electron chi connectivity index (χ2n) is 4.58. The summed E-state index contributed by atoms with van der Waals surface area (Å²) in [5, 5.41) is 6.49. The molecule has 0 spiro atoms. The van der Waals surface area contributed by atoms with Crippen molar-refractivity contribution in [2.45, 2.75) is 13.5 Å². The lowest BCUT2D eigenvalue weighted by molar-refractivity contribution is -0.118. The van der Waals surface area contributed by atoms with E-state index in [2.05, 4.69) is 15.6 Å². The van der Waals surface area contributed by atoms with Crippen LogP contribution in [0.4, 0.5) is 5.69 Å². The molecule has 0 bridgehead atoms. The highest BCUT2D eigenvalue weighted by Crippen LogP contribution is 2.28. The van der Waals surface area contributed by atoms with Crippen LogP contribution in [0.5, 0.6) is 5.75 Å². The van der Waals surface area contributed by atoms with E-state index in [1.54, 1.807) is 35.7 Å². The number of anilines is 1. The average molecular weight is 303 g/mol. The van der Waals surface area contributed by atoms with Gasteiger partial charge in [-0.3, -0.25) is 9.59 Å². The van der Waals surface area contributed by atoms with Crippen molar-refractivity contribution in [1.29, 1.82) is 0 Å². The third-order valence-electron chi connectivity index (χ3n) is 2.97. The fourth-order valence-corrected chi connectivity index (χ4v) is 2.71. The minimum atomic E-state index is -0.194. The van der Waals surface area contributed by atoms with E-state index in [1.165, 1.54) is 0 Å². The Balaban J connectivity index is 1.69. The number of hydrogen-bond donors (Lipinski definition) is 2. The Kier molecular flexibility index (Phi) is 3.57. The van der Waals surface area contributed by atoms with E-state index in [4.69, 9.17) is 4.74 Å². The molecule has 1 aromatic carbocycles. The van der Waals surface area contributed by atoms with Crippen LogP contribution in [0.3, 0.4) is 0 Å². The lowest BCUT2D eigenvalue weighted by atomic mass is 10.1. The summed E-state index contributed by atoms with van der Waals surface area (Å²) in [6.07, 6.45) is 1.76. The molecule has 0 fully saturated rings. The summed E-state index contributed by atoms with van der Waals surface area (Å²) in [5.74, 6) is 0.125. The van der Waals surface area contributed by atoms with Crippen molar-refractivity contribution in [3.05, 3.63) is 39.8 Å². The van der Waals surface area contributed by atoms with Gasteiger partial charge in [-0.25, -0.2) is 4.98 Å². The van der Waals surface area contributed by atoms with Crippen LogP contribution < -0.4 is 15.4 Å². The molecule has 2 N–H and O–H groups in total. The lowest BCUT2D eigenvalue weighted by Gasteiger charge is -2.18. The van der Waals surface area contributed by atoms with Crippen LogP contribution in [0.1, 0.15) is 20.2 Å². The van der Waals surface area contributed by atoms with E-state index in [-0.39, 0.29) is 18.4 Å². The summed E-state index contributed by atoms with van der Waals surface area (Å²) in [7, 11) is 0. The molecule has 0 atom stereocenters. The molecule has 7 heteroatoms. The summed E-state index contributed by atoms with van der Waals surface area (Å²) in [4.78, 5) is 28.4. The number of hydrogen-bond acceptors (Lipinski definition) is 5. The minimum absolute atomic E-state index is 0.0295. The molecule has 2 aromatic rings. The molecule has 3 rings (SSSR count). The lowest BCUT2D eigenvalue weighted by Crippen LogP contribution is -2.26. The quantitative estimate of drug-likeness (QED) is 0.904. The molecule has 0 radical (unpaired) electrons. The van der Waals surface area contributed by atoms with Crippen LogP contribution in [0.25, 0.3) is 0 Å². The minimum Gasteiger partial charge on any atom is -0.482 e. The molecule has 21 heavy (non-hydrogen) atoms. The smallest absolute Gasteiger partial charge is 0.262 e. The number of thiazole rings is 1. The Morgan fingerprint density at radius 3 is 3.14 bits per heavy atom. The number of amides is 2. The Bertz CT molecular complexity index is 711. The molecule has 0 aliphatic carbocycles. The highest BCUT2D eigenvalue weighted by molar-refractivity contribution is 7.11. The maximum atomic E-state index is 12.1. The van der Waals surface area contributed by atoms with Crippen LogP contribution in [-0.2, 0) is 11.3 Å². The highest BCUT2D eigenvalue weighted by Gasteiger charge is 2.17. The molecular weight excluding hydrogens is 290 g/mol. The van der Waals surface area contributed by atoms with Crippen molar-refractivity contribution in [2.24, 2.45) is 0 Å². The second kappa shape index (κ2) is 5.53. The maximum absolute atomic E-state index is 12.1. The first-order valence-corrected chi connectivity index (χ1v) is 7.19. The van der Waals surface area contributed by atoms with Crippen molar-refractivity contribution in [1.82, 2.24) is 10.3 Å². The second-order valence-corrected chi connectivity index (χ2v) is 5.90. The fraction of sp³-hybridized carbons (Fsp3) is 0.214. The Hall–Kier alpha value is -2.41. The van der Waals surface area contributed by atoms with Gasteiger partial charge in [-0.1, -0.05) is 0 Å². The van der Waals surface area contributed by atoms with Crippen LogP contribution in [0.2, 0.25) is 0 Å². The van der Waals surface area contributed by atoms with E-state index in [0.29, 0.717) is 23.5 Å². The Morgan fingerprint density at radius 2 is 2.38 bits per heavy atom. The van der Waals surface area contributed by atoms with E-state index in [9.17, 15) is 9.59 Å². The number of carbonyl (C=O) groups excluding carboxylic acids is 2. The largest absolute Gasteiger partial charge is 0.482 e. The normalized spacial score (nSPS) is 13.1. The van der Waals surface area contributed by atoms with E-state index in [1.807, 2.05) is 6.92 Å². The molecular formula is C14H13N3O3S. The zero-order valence-electron chi connectivity index (χ0n) is 11.3. The first kappa shape index (κ1) is 13.6. The molecule has 1 aliphatic heterocycles. The molecule has 2 heterocycles. The molecule has 0 saturated heterocycles. The predicted octanol–water partition coefficient (Wildman–Crippen LogP) is 1.71. The summed E-state index contributed by atoms with van der Waals surface area (Å²) in [6.45, 7) is 2.34. The van der Waals surface area contributed by atoms with Gasteiger partial charge in [0.15, 0.2) is 6.61 Å². The molecule has 6 nitrogen and oxygen atoms in total. The summed E-state index contributed by atoms with van der Waals surface area (Å²) in [6, 6.07) is 4.95. The number of nitrogens with zero attached hydrogens (tertiary/aromatic N) is 1. The molecule has 108 valence electrons. The van der Waals surface area contributed by atoms with Gasteiger partial charge in [0.05, 0.1) is 17.2 Å². The monoisotopic (exact) mass is 303 g/mol. The Morgan fingerprint density at radius 1 is 1.52 bits per heavy atom. The van der Waals surface area contributed by atoms with Gasteiger partial charge in [-0.15, -0.1) is 11.3 Å². The van der Waals surface area contributed by atoms with Gasteiger partial charge in [-0.2, -0.15) is 0 Å².